The number of hydrogen-bond donors (Lipinski definition) is 0. The fourth-order valence-corrected chi connectivity index (χ4v) is 3.95. The van der Waals surface area contributed by atoms with Gasteiger partial charge in [0.1, 0.15) is 11.5 Å². The number of rotatable bonds is 19. The Kier molecular flexibility index (Phi) is 14.9. The Morgan fingerprint density at radius 1 is 0.686 bits per heavy atom. The maximum Gasteiger partial charge on any atom is 0.343 e. The highest BCUT2D eigenvalue weighted by atomic mass is 16.5. The lowest BCUT2D eigenvalue weighted by atomic mass is 10.0. The second kappa shape index (κ2) is 18.0. The summed E-state index contributed by atoms with van der Waals surface area (Å²) in [5.74, 6) is 1.28. The van der Waals surface area contributed by atoms with Gasteiger partial charge < -0.3 is 14.2 Å². The molecule has 2 aromatic rings. The van der Waals surface area contributed by atoms with Crippen LogP contribution >= 0.6 is 0 Å². The minimum atomic E-state index is -0.361. The molecule has 0 bridgehead atoms. The number of unbranched alkanes of at least 4 members (excludes halogenated alkanes) is 9. The number of esters is 1. The van der Waals surface area contributed by atoms with Gasteiger partial charge >= 0.3 is 5.97 Å². The molecule has 35 heavy (non-hydrogen) atoms. The van der Waals surface area contributed by atoms with Gasteiger partial charge in [-0.3, -0.25) is 0 Å². The zero-order valence-electron chi connectivity index (χ0n) is 22.2. The van der Waals surface area contributed by atoms with E-state index in [9.17, 15) is 4.79 Å². The summed E-state index contributed by atoms with van der Waals surface area (Å²) < 4.78 is 17.2. The lowest BCUT2D eigenvalue weighted by Crippen LogP contribution is -2.09. The summed E-state index contributed by atoms with van der Waals surface area (Å²) in [6, 6.07) is 14.9. The molecule has 0 fully saturated rings. The first kappa shape index (κ1) is 28.9. The lowest BCUT2D eigenvalue weighted by molar-refractivity contribution is 0.0734. The average Bonchev–Trinajstić information content (AvgIpc) is 2.88. The third-order valence-corrected chi connectivity index (χ3v) is 6.28. The molecule has 1 unspecified atom stereocenters. The van der Waals surface area contributed by atoms with Crippen LogP contribution in [0.3, 0.4) is 0 Å². The summed E-state index contributed by atoms with van der Waals surface area (Å²) in [4.78, 5) is 12.5. The van der Waals surface area contributed by atoms with Gasteiger partial charge in [0.15, 0.2) is 0 Å². The van der Waals surface area contributed by atoms with E-state index in [2.05, 4.69) is 20.8 Å². The highest BCUT2D eigenvalue weighted by molar-refractivity contribution is 5.91. The maximum absolute atomic E-state index is 12.5. The molecule has 0 saturated heterocycles. The smallest absolute Gasteiger partial charge is 0.343 e. The molecule has 0 spiro atoms. The summed E-state index contributed by atoms with van der Waals surface area (Å²) in [6.07, 6.45) is 13.8. The van der Waals surface area contributed by atoms with Crippen molar-refractivity contribution >= 4 is 5.97 Å². The maximum atomic E-state index is 12.5. The monoisotopic (exact) mass is 482 g/mol. The minimum Gasteiger partial charge on any atom is -0.494 e. The van der Waals surface area contributed by atoms with Crippen LogP contribution in [0.25, 0.3) is 0 Å². The normalized spacial score (nSPS) is 11.9. The molecule has 0 aromatic heterocycles. The van der Waals surface area contributed by atoms with Gasteiger partial charge in [0.05, 0.1) is 18.8 Å². The molecule has 4 nitrogen and oxygen atoms in total. The van der Waals surface area contributed by atoms with E-state index in [4.69, 9.17) is 14.2 Å². The lowest BCUT2D eigenvalue weighted by Gasteiger charge is -2.13. The van der Waals surface area contributed by atoms with Gasteiger partial charge in [0, 0.05) is 12.5 Å². The van der Waals surface area contributed by atoms with E-state index in [1.54, 1.807) is 12.1 Å². The Bertz CT molecular complexity index is 798. The van der Waals surface area contributed by atoms with Gasteiger partial charge in [-0.1, -0.05) is 90.7 Å². The molecule has 2 rings (SSSR count). The van der Waals surface area contributed by atoms with Crippen molar-refractivity contribution < 1.29 is 19.0 Å². The molecule has 194 valence electrons. The molecule has 0 aliphatic carbocycles. The van der Waals surface area contributed by atoms with Gasteiger partial charge in [-0.25, -0.2) is 4.79 Å². The number of carbonyl (C=O) groups is 1. The van der Waals surface area contributed by atoms with E-state index in [1.165, 1.54) is 63.4 Å². The van der Waals surface area contributed by atoms with E-state index in [-0.39, 0.29) is 5.97 Å². The second-order valence-electron chi connectivity index (χ2n) is 9.49. The van der Waals surface area contributed by atoms with Crippen molar-refractivity contribution in [3.63, 3.8) is 0 Å². The number of carbonyl (C=O) groups excluding carboxylic acids is 1. The van der Waals surface area contributed by atoms with Crippen molar-refractivity contribution in [3.8, 4) is 11.5 Å². The van der Waals surface area contributed by atoms with Gasteiger partial charge in [-0.2, -0.15) is 0 Å². The Hall–Kier alpha value is -2.33. The Labute approximate surface area is 213 Å². The van der Waals surface area contributed by atoms with Crippen molar-refractivity contribution in [3.05, 3.63) is 59.7 Å². The van der Waals surface area contributed by atoms with Gasteiger partial charge in [0.25, 0.3) is 0 Å². The molecule has 0 amide bonds. The molecular weight excluding hydrogens is 436 g/mol. The summed E-state index contributed by atoms with van der Waals surface area (Å²) in [5.41, 5.74) is 1.70. The summed E-state index contributed by atoms with van der Waals surface area (Å²) in [7, 11) is 0. The van der Waals surface area contributed by atoms with Crippen molar-refractivity contribution in [1.29, 1.82) is 0 Å². The Morgan fingerprint density at radius 3 is 1.89 bits per heavy atom. The quantitative estimate of drug-likeness (QED) is 0.114. The predicted molar refractivity (Wildman–Crippen MR) is 145 cm³/mol. The number of benzene rings is 2. The van der Waals surface area contributed by atoms with Crippen LogP contribution < -0.4 is 9.47 Å². The number of hydrogen-bond acceptors (Lipinski definition) is 4. The molecule has 0 radical (unpaired) electrons. The Morgan fingerprint density at radius 2 is 1.23 bits per heavy atom. The SMILES string of the molecule is CCCCCCCCCCOc1ccc(C(=O)Oc2ccc(C(C)COCCCCC)cc2)cc1. The van der Waals surface area contributed by atoms with Crippen molar-refractivity contribution in [2.45, 2.75) is 97.3 Å². The topological polar surface area (TPSA) is 44.8 Å². The zero-order chi connectivity index (χ0) is 25.1. The second-order valence-corrected chi connectivity index (χ2v) is 9.49. The van der Waals surface area contributed by atoms with Crippen molar-refractivity contribution in [1.82, 2.24) is 0 Å². The fraction of sp³-hybridized carbons (Fsp3) is 0.581. The number of ether oxygens (including phenoxy) is 3. The first-order valence-corrected chi connectivity index (χ1v) is 13.8. The van der Waals surface area contributed by atoms with E-state index < -0.39 is 0 Å². The Balaban J connectivity index is 1.67. The highest BCUT2D eigenvalue weighted by Gasteiger charge is 2.11. The van der Waals surface area contributed by atoms with Crippen LogP contribution in [0.15, 0.2) is 48.5 Å². The third-order valence-electron chi connectivity index (χ3n) is 6.28. The molecule has 1 atom stereocenters. The van der Waals surface area contributed by atoms with E-state index >= 15 is 0 Å². The molecule has 0 aliphatic heterocycles. The molecule has 0 heterocycles. The van der Waals surface area contributed by atoms with E-state index in [1.807, 2.05) is 36.4 Å². The molecule has 2 aromatic carbocycles. The predicted octanol–water partition coefficient (Wildman–Crippen LogP) is 8.74. The van der Waals surface area contributed by atoms with Crippen LogP contribution in [0.2, 0.25) is 0 Å². The van der Waals surface area contributed by atoms with Gasteiger partial charge in [-0.15, -0.1) is 0 Å². The summed E-state index contributed by atoms with van der Waals surface area (Å²) in [6.45, 7) is 8.83. The van der Waals surface area contributed by atoms with Gasteiger partial charge in [-0.05, 0) is 54.8 Å². The zero-order valence-corrected chi connectivity index (χ0v) is 22.2. The van der Waals surface area contributed by atoms with Crippen molar-refractivity contribution in [2.75, 3.05) is 19.8 Å². The van der Waals surface area contributed by atoms with Crippen LogP contribution in [0.5, 0.6) is 11.5 Å². The van der Waals surface area contributed by atoms with Crippen LogP contribution in [0, 0.1) is 0 Å². The standard InChI is InChI=1S/C31H46O4/c1-4-6-8-9-10-11-12-14-24-34-29-19-17-28(18-20-29)31(32)35-30-21-15-27(16-22-30)26(3)25-33-23-13-7-5-2/h15-22,26H,4-14,23-25H2,1-3H3. The molecule has 0 saturated carbocycles. The van der Waals surface area contributed by atoms with E-state index in [0.29, 0.717) is 30.4 Å². The van der Waals surface area contributed by atoms with Gasteiger partial charge in [0.2, 0.25) is 0 Å². The van der Waals surface area contributed by atoms with E-state index in [0.717, 1.165) is 25.2 Å². The first-order valence-electron chi connectivity index (χ1n) is 13.8. The third kappa shape index (κ3) is 12.3. The van der Waals surface area contributed by atoms with Crippen LogP contribution in [-0.4, -0.2) is 25.8 Å². The summed E-state index contributed by atoms with van der Waals surface area (Å²) in [5, 5.41) is 0. The highest BCUT2D eigenvalue weighted by Crippen LogP contribution is 2.21. The van der Waals surface area contributed by atoms with Crippen molar-refractivity contribution in [2.24, 2.45) is 0 Å². The van der Waals surface area contributed by atoms with Crippen LogP contribution in [0.4, 0.5) is 0 Å². The van der Waals surface area contributed by atoms with Crippen LogP contribution in [0.1, 0.15) is 113 Å². The minimum absolute atomic E-state index is 0.305. The largest absolute Gasteiger partial charge is 0.494 e. The average molecular weight is 483 g/mol. The summed E-state index contributed by atoms with van der Waals surface area (Å²) >= 11 is 0. The van der Waals surface area contributed by atoms with Crippen LogP contribution in [-0.2, 0) is 4.74 Å². The molecular formula is C31H46O4. The molecule has 0 aliphatic rings. The fourth-order valence-electron chi connectivity index (χ4n) is 3.95. The first-order chi connectivity index (χ1) is 17.1. The molecule has 4 heteroatoms. The molecule has 0 N–H and O–H groups in total.